The molecule has 0 fully saturated rings. The Kier molecular flexibility index (Phi) is 15.2. The summed E-state index contributed by atoms with van der Waals surface area (Å²) in [5.41, 5.74) is 9.45. The summed E-state index contributed by atoms with van der Waals surface area (Å²) in [6.07, 6.45) is 8.01. The molecule has 0 aliphatic carbocycles. The number of carbonyl (C=O) groups is 2. The lowest BCUT2D eigenvalue weighted by atomic mass is 9.88. The Morgan fingerprint density at radius 1 is 0.810 bits per heavy atom. The number of fused-ring (bicyclic) bond motifs is 3. The van der Waals surface area contributed by atoms with Crippen LogP contribution in [0.25, 0.3) is 34.0 Å². The second-order valence-corrected chi connectivity index (χ2v) is 14.8. The number of carbonyl (C=O) groups excluding carboxylic acids is 2. The molecule has 1 aromatic heterocycles. The highest BCUT2D eigenvalue weighted by Gasteiger charge is 2.26. The van der Waals surface area contributed by atoms with E-state index in [1.165, 1.54) is 6.92 Å². The molecule has 58 heavy (non-hydrogen) atoms. The summed E-state index contributed by atoms with van der Waals surface area (Å²) in [5.74, 6) is 0.859. The van der Waals surface area contributed by atoms with E-state index in [-0.39, 0.29) is 12.4 Å². The number of hydrogen-bond acceptors (Lipinski definition) is 8. The first kappa shape index (κ1) is 43.6. The normalized spacial score (nSPS) is 12.2. The van der Waals surface area contributed by atoms with Crippen molar-refractivity contribution in [2.24, 2.45) is 11.1 Å². The Balaban J connectivity index is 1.83. The molecule has 0 bridgehead atoms. The van der Waals surface area contributed by atoms with Gasteiger partial charge in [0.25, 0.3) is 0 Å². The third-order valence-corrected chi connectivity index (χ3v) is 10.6. The first-order chi connectivity index (χ1) is 28.0. The summed E-state index contributed by atoms with van der Waals surface area (Å²) in [6, 6.07) is 17.7. The molecule has 9 heteroatoms. The highest BCUT2D eigenvalue weighted by Crippen LogP contribution is 2.39. The number of oxime groups is 1. The van der Waals surface area contributed by atoms with E-state index in [4.69, 9.17) is 23.8 Å². The highest BCUT2D eigenvalue weighted by molar-refractivity contribution is 6.21. The maximum Gasteiger partial charge on any atom is 0.332 e. The predicted molar refractivity (Wildman–Crippen MR) is 236 cm³/mol. The minimum atomic E-state index is -0.563. The van der Waals surface area contributed by atoms with Crippen LogP contribution in [0.4, 0.5) is 0 Å². The van der Waals surface area contributed by atoms with Gasteiger partial charge in [-0.05, 0) is 80.1 Å². The summed E-state index contributed by atoms with van der Waals surface area (Å²) in [7, 11) is 3.23. The summed E-state index contributed by atoms with van der Waals surface area (Å²) in [5, 5.41) is 6.24. The summed E-state index contributed by atoms with van der Waals surface area (Å²) in [4.78, 5) is 32.4. The molecule has 0 spiro atoms. The molecule has 0 saturated heterocycles. The SMILES string of the molecule is C=Cc1c(C(=O)c2c(C)cc(C)cc2C)cc2c3cc(/C(=N\OC(C)=O)c4ccc(OCCOC)cc4OCCOC)ccc3n(CC(CC)CCCC)c2c1C=C. The quantitative estimate of drug-likeness (QED) is 0.0240. The van der Waals surface area contributed by atoms with Crippen LogP contribution in [-0.2, 0) is 25.7 Å². The number of unbranched alkanes of at least 4 members (excludes halogenated alkanes) is 1. The maximum atomic E-state index is 14.7. The Bertz CT molecular complexity index is 2310. The summed E-state index contributed by atoms with van der Waals surface area (Å²) < 4.78 is 25.0. The van der Waals surface area contributed by atoms with Crippen LogP contribution in [0.2, 0.25) is 0 Å². The molecule has 0 N–H and O–H groups in total. The minimum Gasteiger partial charge on any atom is -0.491 e. The van der Waals surface area contributed by atoms with Crippen molar-refractivity contribution in [3.05, 3.63) is 118 Å². The van der Waals surface area contributed by atoms with Gasteiger partial charge in [-0.1, -0.05) is 87.3 Å². The third kappa shape index (κ3) is 9.60. The van der Waals surface area contributed by atoms with E-state index in [0.29, 0.717) is 65.2 Å². The molecule has 1 unspecified atom stereocenters. The number of methoxy groups -OCH3 is 2. The van der Waals surface area contributed by atoms with Gasteiger partial charge in [-0.25, -0.2) is 4.79 Å². The third-order valence-electron chi connectivity index (χ3n) is 10.6. The second-order valence-electron chi connectivity index (χ2n) is 14.8. The molecular weight excluding hydrogens is 729 g/mol. The topological polar surface area (TPSA) is 97.6 Å². The van der Waals surface area contributed by atoms with Crippen molar-refractivity contribution >= 4 is 51.4 Å². The van der Waals surface area contributed by atoms with Crippen LogP contribution in [0, 0.1) is 26.7 Å². The zero-order valence-corrected chi connectivity index (χ0v) is 35.5. The van der Waals surface area contributed by atoms with Gasteiger partial charge in [-0.3, -0.25) is 4.79 Å². The number of aromatic nitrogens is 1. The largest absolute Gasteiger partial charge is 0.491 e. The minimum absolute atomic E-state index is 0.0656. The molecule has 4 aromatic carbocycles. The van der Waals surface area contributed by atoms with E-state index in [2.05, 4.69) is 61.0 Å². The summed E-state index contributed by atoms with van der Waals surface area (Å²) >= 11 is 0. The standard InChI is InChI=1S/C49H58N2O7/c1-11-15-16-35(12-2)30-51-44-20-17-36(47(50-58-34(8)52)40-19-18-37(56-23-21-54-9)28-45(40)57-24-22-55-10)27-41(44)42-29-43(38(13-3)39(14-4)48(42)51)49(53)46-32(6)25-31(5)26-33(46)7/h13-14,17-20,25-29,35H,3-4,11-12,15-16,21-24,30H2,1-2,5-10H3/b50-47+. The zero-order valence-electron chi connectivity index (χ0n) is 35.5. The molecule has 5 rings (SSSR count). The Hall–Kier alpha value is -5.51. The Morgan fingerprint density at radius 2 is 1.50 bits per heavy atom. The smallest absolute Gasteiger partial charge is 0.332 e. The molecule has 0 aliphatic rings. The average Bonchev–Trinajstić information content (AvgIpc) is 3.50. The lowest BCUT2D eigenvalue weighted by molar-refractivity contribution is -0.140. The summed E-state index contributed by atoms with van der Waals surface area (Å²) in [6.45, 7) is 22.5. The van der Waals surface area contributed by atoms with Gasteiger partial charge in [-0.2, -0.15) is 0 Å². The van der Waals surface area contributed by atoms with Crippen molar-refractivity contribution in [3.63, 3.8) is 0 Å². The van der Waals surface area contributed by atoms with Gasteiger partial charge < -0.3 is 28.4 Å². The van der Waals surface area contributed by atoms with Crippen molar-refractivity contribution in [2.45, 2.75) is 73.8 Å². The van der Waals surface area contributed by atoms with Crippen molar-refractivity contribution in [1.29, 1.82) is 0 Å². The van der Waals surface area contributed by atoms with Gasteiger partial charge in [-0.15, -0.1) is 0 Å². The monoisotopic (exact) mass is 786 g/mol. The molecule has 0 saturated carbocycles. The van der Waals surface area contributed by atoms with Crippen LogP contribution in [0.1, 0.15) is 101 Å². The number of ether oxygens (including phenoxy) is 4. The molecule has 5 aromatic rings. The van der Waals surface area contributed by atoms with Crippen LogP contribution in [0.15, 0.2) is 72.9 Å². The average molecular weight is 787 g/mol. The van der Waals surface area contributed by atoms with Crippen LogP contribution < -0.4 is 9.47 Å². The highest BCUT2D eigenvalue weighted by atomic mass is 16.7. The molecule has 1 atom stereocenters. The Labute approximate surface area is 343 Å². The van der Waals surface area contributed by atoms with Crippen LogP contribution in [0.5, 0.6) is 11.5 Å². The van der Waals surface area contributed by atoms with E-state index >= 15 is 0 Å². The fourth-order valence-electron chi connectivity index (χ4n) is 7.86. The second kappa shape index (κ2) is 20.3. The van der Waals surface area contributed by atoms with E-state index in [1.807, 2.05) is 51.1 Å². The van der Waals surface area contributed by atoms with Crippen LogP contribution in [0.3, 0.4) is 0 Å². The molecule has 9 nitrogen and oxygen atoms in total. The molecule has 0 radical (unpaired) electrons. The van der Waals surface area contributed by atoms with Gasteiger partial charge in [0.1, 0.15) is 30.4 Å². The number of aryl methyl sites for hydroxylation is 3. The van der Waals surface area contributed by atoms with Gasteiger partial charge in [0.05, 0.1) is 18.7 Å². The van der Waals surface area contributed by atoms with E-state index in [0.717, 1.165) is 81.9 Å². The first-order valence-corrected chi connectivity index (χ1v) is 20.2. The van der Waals surface area contributed by atoms with Gasteiger partial charge in [0.2, 0.25) is 0 Å². The molecule has 0 amide bonds. The van der Waals surface area contributed by atoms with Crippen LogP contribution in [-0.4, -0.2) is 62.7 Å². The van der Waals surface area contributed by atoms with Crippen molar-refractivity contribution < 1.29 is 33.4 Å². The van der Waals surface area contributed by atoms with Crippen LogP contribution >= 0.6 is 0 Å². The Morgan fingerprint density at radius 3 is 2.12 bits per heavy atom. The molecule has 1 heterocycles. The van der Waals surface area contributed by atoms with Crippen molar-refractivity contribution in [3.8, 4) is 11.5 Å². The fraction of sp³-hybridized carbons (Fsp3) is 0.367. The van der Waals surface area contributed by atoms with Gasteiger partial charge >= 0.3 is 5.97 Å². The van der Waals surface area contributed by atoms with E-state index in [9.17, 15) is 9.59 Å². The number of hydrogen-bond donors (Lipinski definition) is 0. The van der Waals surface area contributed by atoms with E-state index < -0.39 is 5.97 Å². The fourth-order valence-corrected chi connectivity index (χ4v) is 7.86. The lowest BCUT2D eigenvalue weighted by Crippen LogP contribution is -2.13. The van der Waals surface area contributed by atoms with Gasteiger partial charge in [0.15, 0.2) is 5.78 Å². The number of rotatable bonds is 21. The number of ketones is 1. The van der Waals surface area contributed by atoms with Gasteiger partial charge in [0, 0.05) is 77.9 Å². The van der Waals surface area contributed by atoms with Crippen molar-refractivity contribution in [1.82, 2.24) is 4.57 Å². The number of nitrogens with zero attached hydrogens (tertiary/aromatic N) is 2. The molecular formula is C49H58N2O7. The maximum absolute atomic E-state index is 14.7. The molecule has 0 aliphatic heterocycles. The predicted octanol–water partition coefficient (Wildman–Crippen LogP) is 10.8. The zero-order chi connectivity index (χ0) is 41.9. The molecule has 306 valence electrons. The van der Waals surface area contributed by atoms with E-state index in [1.54, 1.807) is 26.4 Å². The number of benzene rings is 4. The lowest BCUT2D eigenvalue weighted by Gasteiger charge is -2.20. The first-order valence-electron chi connectivity index (χ1n) is 20.2. The van der Waals surface area contributed by atoms with Crippen molar-refractivity contribution in [2.75, 3.05) is 40.6 Å².